The minimum absolute atomic E-state index is 0.0361. The average molecular weight is 530 g/mol. The van der Waals surface area contributed by atoms with E-state index >= 15 is 0 Å². The molecule has 2 N–H and O–H groups in total. The third kappa shape index (κ3) is 6.14. The molecular formula is C33H47N5O. The summed E-state index contributed by atoms with van der Waals surface area (Å²) in [5.41, 5.74) is 4.94. The highest BCUT2D eigenvalue weighted by Crippen LogP contribution is 2.39. The van der Waals surface area contributed by atoms with Gasteiger partial charge in [-0.3, -0.25) is 19.7 Å². The van der Waals surface area contributed by atoms with E-state index in [9.17, 15) is 5.11 Å². The van der Waals surface area contributed by atoms with Crippen LogP contribution in [0.5, 0.6) is 5.75 Å². The van der Waals surface area contributed by atoms with Crippen LogP contribution in [0.2, 0.25) is 0 Å². The summed E-state index contributed by atoms with van der Waals surface area (Å²) in [6.45, 7) is 12.0. The molecule has 2 aromatic carbocycles. The van der Waals surface area contributed by atoms with Crippen molar-refractivity contribution in [2.24, 2.45) is 0 Å². The first kappa shape index (κ1) is 28.0. The lowest BCUT2D eigenvalue weighted by Gasteiger charge is -2.46. The number of nitrogens with one attached hydrogen (secondary N) is 1. The van der Waals surface area contributed by atoms with Crippen LogP contribution in [-0.2, 0) is 12.1 Å². The van der Waals surface area contributed by atoms with E-state index in [0.29, 0.717) is 23.9 Å². The molecule has 6 nitrogen and oxygen atoms in total. The van der Waals surface area contributed by atoms with Crippen molar-refractivity contribution in [1.82, 2.24) is 25.0 Å². The number of hydrogen-bond acceptors (Lipinski definition) is 6. The zero-order chi connectivity index (χ0) is 27.6. The quantitative estimate of drug-likeness (QED) is 0.401. The van der Waals surface area contributed by atoms with Gasteiger partial charge >= 0.3 is 0 Å². The van der Waals surface area contributed by atoms with Crippen molar-refractivity contribution in [2.75, 3.05) is 40.3 Å². The lowest BCUT2D eigenvalue weighted by molar-refractivity contribution is 0.0506. The van der Waals surface area contributed by atoms with Crippen molar-refractivity contribution >= 4 is 10.9 Å². The summed E-state index contributed by atoms with van der Waals surface area (Å²) in [4.78, 5) is 12.5. The van der Waals surface area contributed by atoms with Gasteiger partial charge in [-0.15, -0.1) is 0 Å². The van der Waals surface area contributed by atoms with Gasteiger partial charge in [0, 0.05) is 68.0 Å². The molecule has 1 unspecified atom stereocenters. The number of fused-ring (bicyclic) bond motifs is 1. The first-order valence-electron chi connectivity index (χ1n) is 14.9. The SMILES string of the molecule is CCCC(c1cnc2cc(CN3CCC(c4cccc(O)c4)(N(C)C)CC3)ccc2c1)N1C[C@@H](C)N[C@@H](C)C1. The van der Waals surface area contributed by atoms with E-state index < -0.39 is 0 Å². The number of rotatable bonds is 8. The Bertz CT molecular complexity index is 1240. The van der Waals surface area contributed by atoms with Crippen LogP contribution in [0, 0.1) is 0 Å². The van der Waals surface area contributed by atoms with E-state index in [-0.39, 0.29) is 5.54 Å². The number of hydrogen-bond donors (Lipinski definition) is 2. The molecule has 0 spiro atoms. The first-order chi connectivity index (χ1) is 18.8. The summed E-state index contributed by atoms with van der Waals surface area (Å²) in [5.74, 6) is 0.348. The molecule has 0 radical (unpaired) electrons. The molecule has 0 aliphatic carbocycles. The molecule has 0 bridgehead atoms. The van der Waals surface area contributed by atoms with Gasteiger partial charge in [-0.1, -0.05) is 37.6 Å². The molecule has 2 aliphatic heterocycles. The minimum Gasteiger partial charge on any atom is -0.508 e. The number of piperazine rings is 1. The zero-order valence-corrected chi connectivity index (χ0v) is 24.5. The van der Waals surface area contributed by atoms with Crippen molar-refractivity contribution in [1.29, 1.82) is 0 Å². The Morgan fingerprint density at radius 2 is 1.79 bits per heavy atom. The smallest absolute Gasteiger partial charge is 0.115 e. The molecule has 3 atom stereocenters. The fourth-order valence-electron chi connectivity index (χ4n) is 7.05. The van der Waals surface area contributed by atoms with Crippen LogP contribution in [0.15, 0.2) is 54.7 Å². The molecule has 2 aliphatic rings. The molecule has 0 saturated carbocycles. The molecule has 2 fully saturated rings. The molecule has 5 rings (SSSR count). The third-order valence-corrected chi connectivity index (χ3v) is 9.07. The van der Waals surface area contributed by atoms with E-state index in [1.807, 2.05) is 12.1 Å². The highest BCUT2D eigenvalue weighted by Gasteiger charge is 2.38. The maximum atomic E-state index is 10.1. The molecule has 210 valence electrons. The lowest BCUT2D eigenvalue weighted by Crippen LogP contribution is -2.55. The van der Waals surface area contributed by atoms with Crippen LogP contribution in [-0.4, -0.2) is 77.1 Å². The number of benzene rings is 2. The van der Waals surface area contributed by atoms with Gasteiger partial charge in [0.05, 0.1) is 5.52 Å². The third-order valence-electron chi connectivity index (χ3n) is 9.07. The summed E-state index contributed by atoms with van der Waals surface area (Å²) < 4.78 is 0. The van der Waals surface area contributed by atoms with E-state index in [1.165, 1.54) is 28.5 Å². The van der Waals surface area contributed by atoms with Crippen molar-refractivity contribution in [2.45, 2.75) is 76.7 Å². The van der Waals surface area contributed by atoms with Crippen LogP contribution >= 0.6 is 0 Å². The summed E-state index contributed by atoms with van der Waals surface area (Å²) in [5, 5.41) is 15.0. The van der Waals surface area contributed by atoms with Crippen molar-refractivity contribution in [3.8, 4) is 5.75 Å². The number of nitrogens with zero attached hydrogens (tertiary/aromatic N) is 4. The molecule has 0 amide bonds. The zero-order valence-electron chi connectivity index (χ0n) is 24.5. The van der Waals surface area contributed by atoms with E-state index in [1.54, 1.807) is 6.07 Å². The Morgan fingerprint density at radius 1 is 1.05 bits per heavy atom. The van der Waals surface area contributed by atoms with Crippen molar-refractivity contribution < 1.29 is 5.11 Å². The van der Waals surface area contributed by atoms with Crippen LogP contribution in [0.1, 0.15) is 69.2 Å². The molecule has 2 saturated heterocycles. The van der Waals surface area contributed by atoms with Crippen LogP contribution < -0.4 is 5.32 Å². The van der Waals surface area contributed by atoms with Gasteiger partial charge in [0.15, 0.2) is 0 Å². The maximum Gasteiger partial charge on any atom is 0.115 e. The second-order valence-corrected chi connectivity index (χ2v) is 12.3. The number of pyridine rings is 1. The Labute approximate surface area is 235 Å². The van der Waals surface area contributed by atoms with Crippen LogP contribution in [0.3, 0.4) is 0 Å². The molecule has 3 heterocycles. The van der Waals surface area contributed by atoms with E-state index in [0.717, 1.165) is 57.5 Å². The van der Waals surface area contributed by atoms with Gasteiger partial charge < -0.3 is 10.4 Å². The van der Waals surface area contributed by atoms with Gasteiger partial charge in [-0.25, -0.2) is 0 Å². The number of aromatic nitrogens is 1. The number of phenolic OH excluding ortho intramolecular Hbond substituents is 1. The first-order valence-corrected chi connectivity index (χ1v) is 14.9. The summed E-state index contributed by atoms with van der Waals surface area (Å²) >= 11 is 0. The summed E-state index contributed by atoms with van der Waals surface area (Å²) in [6.07, 6.45) is 6.55. The maximum absolute atomic E-state index is 10.1. The number of phenols is 1. The van der Waals surface area contributed by atoms with Crippen LogP contribution in [0.25, 0.3) is 10.9 Å². The minimum atomic E-state index is -0.0361. The highest BCUT2D eigenvalue weighted by atomic mass is 16.3. The topological polar surface area (TPSA) is 54.9 Å². The second-order valence-electron chi connectivity index (χ2n) is 12.3. The van der Waals surface area contributed by atoms with Crippen molar-refractivity contribution in [3.05, 3.63) is 71.4 Å². The van der Waals surface area contributed by atoms with Crippen molar-refractivity contribution in [3.63, 3.8) is 0 Å². The Kier molecular flexibility index (Phi) is 8.57. The van der Waals surface area contributed by atoms with E-state index in [2.05, 4.69) is 91.4 Å². The number of aromatic hydroxyl groups is 1. The molecule has 6 heteroatoms. The largest absolute Gasteiger partial charge is 0.508 e. The monoisotopic (exact) mass is 529 g/mol. The number of piperidine rings is 1. The Balaban J connectivity index is 1.28. The van der Waals surface area contributed by atoms with Gasteiger partial charge in [-0.2, -0.15) is 0 Å². The predicted octanol–water partition coefficient (Wildman–Crippen LogP) is 5.52. The van der Waals surface area contributed by atoms with Gasteiger partial charge in [0.25, 0.3) is 0 Å². The predicted molar refractivity (Wildman–Crippen MR) is 161 cm³/mol. The fraction of sp³-hybridized carbons (Fsp3) is 0.545. The van der Waals surface area contributed by atoms with Gasteiger partial charge in [0.1, 0.15) is 5.75 Å². The molecule has 39 heavy (non-hydrogen) atoms. The Hall–Kier alpha value is -2.51. The average Bonchev–Trinajstić information content (AvgIpc) is 2.91. The summed E-state index contributed by atoms with van der Waals surface area (Å²) in [7, 11) is 4.33. The second kappa shape index (κ2) is 11.9. The lowest BCUT2D eigenvalue weighted by atomic mass is 9.79. The molecule has 3 aromatic rings. The van der Waals surface area contributed by atoms with E-state index in [4.69, 9.17) is 4.98 Å². The van der Waals surface area contributed by atoms with Gasteiger partial charge in [0.2, 0.25) is 0 Å². The number of likely N-dealkylation sites (tertiary alicyclic amines) is 1. The van der Waals surface area contributed by atoms with Gasteiger partial charge in [-0.05, 0) is 88.2 Å². The molecular weight excluding hydrogens is 482 g/mol. The Morgan fingerprint density at radius 3 is 2.46 bits per heavy atom. The molecule has 1 aromatic heterocycles. The fourth-order valence-corrected chi connectivity index (χ4v) is 7.05. The highest BCUT2D eigenvalue weighted by molar-refractivity contribution is 5.79. The summed E-state index contributed by atoms with van der Waals surface area (Å²) in [6, 6.07) is 18.5. The van der Waals surface area contributed by atoms with Crippen LogP contribution in [0.4, 0.5) is 0 Å². The normalized spacial score (nSPS) is 23.3. The standard InChI is InChI=1S/C33H47N5O/c1-6-8-32(38-21-24(2)35-25(3)22-38)28-18-27-12-11-26(17-31(27)34-20-28)23-37-15-13-33(14-16-37,36(4)5)29-9-7-10-30(39)19-29/h7,9-12,17-20,24-25,32,35,39H,6,8,13-16,21-23H2,1-5H3/t24-,25+,32?.